The molecule has 160 valence electrons. The van der Waals surface area contributed by atoms with Crippen LogP contribution in [0.15, 0.2) is 35.7 Å². The van der Waals surface area contributed by atoms with Gasteiger partial charge in [-0.25, -0.2) is 0 Å². The summed E-state index contributed by atoms with van der Waals surface area (Å²) < 4.78 is 5.45. The summed E-state index contributed by atoms with van der Waals surface area (Å²) in [4.78, 5) is 7.21. The first kappa shape index (κ1) is 21.2. The molecule has 1 aliphatic rings. The lowest BCUT2D eigenvalue weighted by Gasteiger charge is -2.30. The van der Waals surface area contributed by atoms with Gasteiger partial charge in [-0.05, 0) is 73.6 Å². The van der Waals surface area contributed by atoms with E-state index in [1.807, 2.05) is 6.07 Å². The van der Waals surface area contributed by atoms with E-state index >= 15 is 0 Å². The molecule has 4 rings (SSSR count). The number of ether oxygens (including phenoxy) is 1. The molecule has 1 saturated carbocycles. The number of hydrogen-bond acceptors (Lipinski definition) is 3. The minimum atomic E-state index is 0.524. The molecular weight excluding hydrogens is 410 g/mol. The monoisotopic (exact) mass is 441 g/mol. The van der Waals surface area contributed by atoms with E-state index in [0.29, 0.717) is 6.04 Å². The van der Waals surface area contributed by atoms with Gasteiger partial charge >= 0.3 is 0 Å². The number of aryl methyl sites for hydroxylation is 1. The number of thiophene rings is 1. The van der Waals surface area contributed by atoms with E-state index in [4.69, 9.17) is 17.0 Å². The number of H-pyrrole nitrogens is 1. The van der Waals surface area contributed by atoms with Gasteiger partial charge in [-0.2, -0.15) is 0 Å². The van der Waals surface area contributed by atoms with Gasteiger partial charge in [-0.3, -0.25) is 0 Å². The molecule has 2 heterocycles. The maximum Gasteiger partial charge on any atom is 0.169 e. The molecule has 0 bridgehead atoms. The highest BCUT2D eigenvalue weighted by molar-refractivity contribution is 7.80. The third-order valence-electron chi connectivity index (χ3n) is 6.11. The Morgan fingerprint density at radius 2 is 2.10 bits per heavy atom. The smallest absolute Gasteiger partial charge is 0.169 e. The van der Waals surface area contributed by atoms with Gasteiger partial charge in [-0.15, -0.1) is 11.3 Å². The van der Waals surface area contributed by atoms with Gasteiger partial charge in [0.15, 0.2) is 5.11 Å². The minimum Gasteiger partial charge on any atom is -0.497 e. The van der Waals surface area contributed by atoms with E-state index < -0.39 is 0 Å². The Morgan fingerprint density at radius 3 is 2.83 bits per heavy atom. The Hall–Kier alpha value is -2.05. The summed E-state index contributed by atoms with van der Waals surface area (Å²) in [6.07, 6.45) is 7.37. The molecule has 0 atom stereocenters. The summed E-state index contributed by atoms with van der Waals surface area (Å²) in [5, 5.41) is 7.94. The quantitative estimate of drug-likeness (QED) is 0.455. The molecule has 1 fully saturated rings. The number of hydrogen-bond donors (Lipinski definition) is 2. The number of aromatic nitrogens is 1. The van der Waals surface area contributed by atoms with E-state index in [0.717, 1.165) is 35.9 Å². The first-order chi connectivity index (χ1) is 14.6. The number of nitrogens with one attached hydrogen (secondary N) is 2. The van der Waals surface area contributed by atoms with Crippen LogP contribution >= 0.6 is 23.6 Å². The van der Waals surface area contributed by atoms with E-state index in [2.05, 4.69) is 51.8 Å². The molecule has 4 nitrogen and oxygen atoms in total. The number of thiocarbonyl (C=S) groups is 1. The van der Waals surface area contributed by atoms with Crippen molar-refractivity contribution in [2.45, 2.75) is 58.0 Å². The molecule has 0 saturated heterocycles. The van der Waals surface area contributed by atoms with Crippen molar-refractivity contribution >= 4 is 39.6 Å². The van der Waals surface area contributed by atoms with Crippen LogP contribution < -0.4 is 10.1 Å². The van der Waals surface area contributed by atoms with Gasteiger partial charge in [0.2, 0.25) is 0 Å². The van der Waals surface area contributed by atoms with Gasteiger partial charge in [-0.1, -0.05) is 25.3 Å². The predicted octanol–water partition coefficient (Wildman–Crippen LogP) is 5.80. The second-order valence-electron chi connectivity index (χ2n) is 8.18. The molecule has 3 aromatic rings. The lowest BCUT2D eigenvalue weighted by atomic mass is 9.96. The van der Waals surface area contributed by atoms with Crippen molar-refractivity contribution in [1.82, 2.24) is 15.2 Å². The topological polar surface area (TPSA) is 40.3 Å². The average Bonchev–Trinajstić information content (AvgIpc) is 3.38. The molecule has 2 N–H and O–H groups in total. The molecular formula is C24H31N3OS2. The van der Waals surface area contributed by atoms with Crippen molar-refractivity contribution in [3.63, 3.8) is 0 Å². The maximum atomic E-state index is 5.88. The maximum absolute atomic E-state index is 5.88. The summed E-state index contributed by atoms with van der Waals surface area (Å²) in [6, 6.07) is 11.1. The number of rotatable bonds is 7. The van der Waals surface area contributed by atoms with Crippen molar-refractivity contribution < 1.29 is 4.74 Å². The van der Waals surface area contributed by atoms with Gasteiger partial charge in [0, 0.05) is 34.1 Å². The summed E-state index contributed by atoms with van der Waals surface area (Å²) in [6.45, 7) is 3.91. The first-order valence-corrected chi connectivity index (χ1v) is 12.2. The Kier molecular flexibility index (Phi) is 6.95. The Labute approximate surface area is 188 Å². The van der Waals surface area contributed by atoms with Crippen LogP contribution in [-0.2, 0) is 13.0 Å². The zero-order valence-electron chi connectivity index (χ0n) is 17.9. The third kappa shape index (κ3) is 4.98. The van der Waals surface area contributed by atoms with Gasteiger partial charge in [0.1, 0.15) is 5.75 Å². The van der Waals surface area contributed by atoms with Gasteiger partial charge in [0.05, 0.1) is 13.7 Å². The number of nitrogens with zero attached hydrogens (tertiary/aromatic N) is 1. The standard InChI is InChI=1S/C24H31N3OS2/c1-17-21(22-15-19(28-2)10-11-23(22)25-17)12-13-27(16-20-9-6-14-30-20)24(29)26-18-7-4-3-5-8-18/h6,9-11,14-15,18,25H,3-5,7-8,12-13,16H2,1-2H3,(H,26,29). The fourth-order valence-corrected chi connectivity index (χ4v) is 5.46. The summed E-state index contributed by atoms with van der Waals surface area (Å²) in [7, 11) is 1.72. The Balaban J connectivity index is 1.50. The molecule has 1 aromatic carbocycles. The van der Waals surface area contributed by atoms with E-state index in [1.54, 1.807) is 18.4 Å². The molecule has 0 unspecified atom stereocenters. The fraction of sp³-hybridized carbons (Fsp3) is 0.458. The highest BCUT2D eigenvalue weighted by Crippen LogP contribution is 2.27. The zero-order chi connectivity index (χ0) is 20.9. The predicted molar refractivity (Wildman–Crippen MR) is 131 cm³/mol. The lowest BCUT2D eigenvalue weighted by molar-refractivity contribution is 0.370. The van der Waals surface area contributed by atoms with Crippen molar-refractivity contribution in [2.75, 3.05) is 13.7 Å². The summed E-state index contributed by atoms with van der Waals surface area (Å²) in [5.41, 5.74) is 3.73. The lowest BCUT2D eigenvalue weighted by Crippen LogP contribution is -2.45. The van der Waals surface area contributed by atoms with Crippen LogP contribution in [0.3, 0.4) is 0 Å². The average molecular weight is 442 g/mol. The fourth-order valence-electron chi connectivity index (χ4n) is 4.41. The van der Waals surface area contributed by atoms with Crippen molar-refractivity contribution in [3.05, 3.63) is 51.8 Å². The largest absolute Gasteiger partial charge is 0.497 e. The first-order valence-electron chi connectivity index (χ1n) is 10.9. The molecule has 6 heteroatoms. The molecule has 2 aromatic heterocycles. The van der Waals surface area contributed by atoms with Crippen LogP contribution in [0.1, 0.15) is 48.2 Å². The van der Waals surface area contributed by atoms with Crippen molar-refractivity contribution in [2.24, 2.45) is 0 Å². The van der Waals surface area contributed by atoms with Crippen LogP contribution in [0.2, 0.25) is 0 Å². The third-order valence-corrected chi connectivity index (χ3v) is 7.34. The Bertz CT molecular complexity index is 974. The highest BCUT2D eigenvalue weighted by atomic mass is 32.1. The summed E-state index contributed by atoms with van der Waals surface area (Å²) in [5.74, 6) is 0.896. The van der Waals surface area contributed by atoms with Crippen LogP contribution in [0.5, 0.6) is 5.75 Å². The van der Waals surface area contributed by atoms with Crippen molar-refractivity contribution in [1.29, 1.82) is 0 Å². The molecule has 0 aliphatic heterocycles. The van der Waals surface area contributed by atoms with Crippen LogP contribution in [0.25, 0.3) is 10.9 Å². The highest BCUT2D eigenvalue weighted by Gasteiger charge is 2.19. The minimum absolute atomic E-state index is 0.524. The number of methoxy groups -OCH3 is 1. The molecule has 1 aliphatic carbocycles. The Morgan fingerprint density at radius 1 is 1.27 bits per heavy atom. The van der Waals surface area contributed by atoms with Crippen LogP contribution in [0, 0.1) is 6.92 Å². The summed E-state index contributed by atoms with van der Waals surface area (Å²) >= 11 is 7.68. The van der Waals surface area contributed by atoms with E-state index in [9.17, 15) is 0 Å². The van der Waals surface area contributed by atoms with E-state index in [1.165, 1.54) is 53.6 Å². The SMILES string of the molecule is COc1ccc2[nH]c(C)c(CCN(Cc3cccs3)C(=S)NC3CCCCC3)c2c1. The molecule has 30 heavy (non-hydrogen) atoms. The van der Waals surface area contributed by atoms with E-state index in [-0.39, 0.29) is 0 Å². The van der Waals surface area contributed by atoms with Gasteiger partial charge in [0.25, 0.3) is 0 Å². The molecule has 0 radical (unpaired) electrons. The number of benzene rings is 1. The second-order valence-corrected chi connectivity index (χ2v) is 9.59. The van der Waals surface area contributed by atoms with Crippen LogP contribution in [-0.4, -0.2) is 34.7 Å². The van der Waals surface area contributed by atoms with Crippen molar-refractivity contribution in [3.8, 4) is 5.75 Å². The number of aromatic amines is 1. The van der Waals surface area contributed by atoms with Crippen LogP contribution in [0.4, 0.5) is 0 Å². The normalized spacial score (nSPS) is 14.7. The zero-order valence-corrected chi connectivity index (χ0v) is 19.5. The van der Waals surface area contributed by atoms with Gasteiger partial charge < -0.3 is 19.9 Å². The molecule has 0 spiro atoms. The second kappa shape index (κ2) is 9.84. The molecule has 0 amide bonds. The number of fused-ring (bicyclic) bond motifs is 1.